The number of amides is 2. The molecule has 188 valence electrons. The normalized spacial score (nSPS) is 18.3. The highest BCUT2D eigenvalue weighted by atomic mass is 32.2. The molecule has 0 spiro atoms. The molecule has 1 saturated heterocycles. The molecule has 2 aromatic rings. The minimum atomic E-state index is -0.932. The lowest BCUT2D eigenvalue weighted by atomic mass is 9.74. The summed E-state index contributed by atoms with van der Waals surface area (Å²) in [6.07, 6.45) is 0.677. The highest BCUT2D eigenvalue weighted by Crippen LogP contribution is 2.44. The van der Waals surface area contributed by atoms with Crippen molar-refractivity contribution in [2.45, 2.75) is 45.0 Å². The molecular formula is C25H33N5O4S. The number of carbonyl (C=O) groups is 2. The van der Waals surface area contributed by atoms with E-state index in [4.69, 9.17) is 14.7 Å². The van der Waals surface area contributed by atoms with Crippen LogP contribution in [0.2, 0.25) is 0 Å². The zero-order valence-electron chi connectivity index (χ0n) is 20.7. The number of fused-ring (bicyclic) bond motifs is 1. The van der Waals surface area contributed by atoms with E-state index in [9.17, 15) is 14.7 Å². The van der Waals surface area contributed by atoms with Crippen molar-refractivity contribution in [2.24, 2.45) is 5.41 Å². The first-order valence-corrected chi connectivity index (χ1v) is 13.0. The summed E-state index contributed by atoms with van der Waals surface area (Å²) in [5, 5.41) is 10.3. The number of aromatic nitrogens is 2. The fraction of sp³-hybridized carbons (Fsp3) is 0.520. The molecule has 1 unspecified atom stereocenters. The van der Waals surface area contributed by atoms with E-state index in [1.54, 1.807) is 4.90 Å². The molecule has 2 aliphatic heterocycles. The van der Waals surface area contributed by atoms with Gasteiger partial charge in [-0.05, 0) is 17.2 Å². The minimum absolute atomic E-state index is 0.0397. The smallest absolute Gasteiger partial charge is 0.410 e. The van der Waals surface area contributed by atoms with Crippen LogP contribution in [0, 0.1) is 5.41 Å². The highest BCUT2D eigenvalue weighted by Gasteiger charge is 2.40. The van der Waals surface area contributed by atoms with Crippen molar-refractivity contribution in [1.29, 1.82) is 0 Å². The first kappa shape index (κ1) is 25.1. The predicted octanol–water partition coefficient (Wildman–Crippen LogP) is 4.28. The molecule has 1 N–H and O–H groups in total. The summed E-state index contributed by atoms with van der Waals surface area (Å²) in [6, 6.07) is 9.65. The number of hydrogen-bond acceptors (Lipinski definition) is 7. The van der Waals surface area contributed by atoms with Crippen molar-refractivity contribution in [2.75, 3.05) is 43.9 Å². The Labute approximate surface area is 210 Å². The van der Waals surface area contributed by atoms with Gasteiger partial charge < -0.3 is 24.5 Å². The lowest BCUT2D eigenvalue weighted by Gasteiger charge is -2.43. The Morgan fingerprint density at radius 1 is 1.09 bits per heavy atom. The summed E-state index contributed by atoms with van der Waals surface area (Å²) >= 11 is 1.45. The maximum Gasteiger partial charge on any atom is 0.410 e. The summed E-state index contributed by atoms with van der Waals surface area (Å²) in [6.45, 7) is 9.60. The standard InChI is InChI=1S/C25H33N5O4S/c1-25(2,3)18-14-30(23(31)32)15-19-20(18)21(27-22(26-19)35-4)28-10-12-29(13-11-28)24(33)34-16-17-8-6-5-7-9-17/h5-9,18H,10-16H2,1-4H3,(H,31,32). The van der Waals surface area contributed by atoms with E-state index in [-0.39, 0.29) is 30.6 Å². The van der Waals surface area contributed by atoms with Gasteiger partial charge in [-0.2, -0.15) is 0 Å². The quantitative estimate of drug-likeness (QED) is 0.492. The number of hydrogen-bond donors (Lipinski definition) is 1. The monoisotopic (exact) mass is 499 g/mol. The Balaban J connectivity index is 1.53. The van der Waals surface area contributed by atoms with Gasteiger partial charge in [0.1, 0.15) is 12.4 Å². The van der Waals surface area contributed by atoms with Gasteiger partial charge in [0.05, 0.1) is 12.2 Å². The van der Waals surface area contributed by atoms with Crippen LogP contribution in [0.1, 0.15) is 43.5 Å². The zero-order chi connectivity index (χ0) is 25.2. The number of anilines is 1. The maximum atomic E-state index is 12.6. The number of rotatable bonds is 4. The molecule has 0 saturated carbocycles. The third kappa shape index (κ3) is 5.63. The molecule has 35 heavy (non-hydrogen) atoms. The van der Waals surface area contributed by atoms with Crippen molar-refractivity contribution in [3.8, 4) is 0 Å². The number of carbonyl (C=O) groups excluding carboxylic acids is 1. The summed E-state index contributed by atoms with van der Waals surface area (Å²) in [4.78, 5) is 39.4. The Bertz CT molecular complexity index is 1070. The molecule has 0 bridgehead atoms. The van der Waals surface area contributed by atoms with Gasteiger partial charge in [-0.15, -0.1) is 0 Å². The number of ether oxygens (including phenoxy) is 1. The fourth-order valence-electron chi connectivity index (χ4n) is 4.61. The van der Waals surface area contributed by atoms with Crippen molar-refractivity contribution in [3.63, 3.8) is 0 Å². The second-order valence-electron chi connectivity index (χ2n) is 9.99. The van der Waals surface area contributed by atoms with Gasteiger partial charge in [-0.1, -0.05) is 62.9 Å². The fourth-order valence-corrected chi connectivity index (χ4v) is 4.99. The number of nitrogens with zero attached hydrogens (tertiary/aromatic N) is 5. The second kappa shape index (κ2) is 10.3. The van der Waals surface area contributed by atoms with E-state index in [2.05, 4.69) is 25.7 Å². The molecule has 2 aliphatic rings. The maximum absolute atomic E-state index is 12.6. The molecule has 9 nitrogen and oxygen atoms in total. The van der Waals surface area contributed by atoms with Crippen molar-refractivity contribution in [1.82, 2.24) is 19.8 Å². The van der Waals surface area contributed by atoms with Gasteiger partial charge in [0.2, 0.25) is 0 Å². The predicted molar refractivity (Wildman–Crippen MR) is 135 cm³/mol. The van der Waals surface area contributed by atoms with E-state index < -0.39 is 6.09 Å². The molecule has 0 aliphatic carbocycles. The Kier molecular flexibility index (Phi) is 7.39. The topological polar surface area (TPSA) is 99.1 Å². The van der Waals surface area contributed by atoms with E-state index in [0.29, 0.717) is 37.9 Å². The van der Waals surface area contributed by atoms with Crippen LogP contribution >= 0.6 is 11.8 Å². The van der Waals surface area contributed by atoms with Crippen LogP contribution in [0.15, 0.2) is 35.5 Å². The van der Waals surface area contributed by atoms with Gasteiger partial charge in [0, 0.05) is 44.2 Å². The van der Waals surface area contributed by atoms with Gasteiger partial charge >= 0.3 is 12.2 Å². The number of piperazine rings is 1. The third-order valence-electron chi connectivity index (χ3n) is 6.62. The lowest BCUT2D eigenvalue weighted by molar-refractivity contribution is 0.0940. The number of carboxylic acid groups (broad SMARTS) is 1. The third-order valence-corrected chi connectivity index (χ3v) is 7.16. The van der Waals surface area contributed by atoms with Crippen molar-refractivity contribution in [3.05, 3.63) is 47.2 Å². The SMILES string of the molecule is CSc1nc2c(c(N3CCN(C(=O)OCc4ccccc4)CC3)n1)C(C(C)(C)C)CN(C(=O)O)C2. The molecule has 1 fully saturated rings. The molecule has 3 heterocycles. The molecule has 1 atom stereocenters. The Morgan fingerprint density at radius 2 is 1.77 bits per heavy atom. The summed E-state index contributed by atoms with van der Waals surface area (Å²) < 4.78 is 5.51. The average molecular weight is 500 g/mol. The zero-order valence-corrected chi connectivity index (χ0v) is 21.5. The summed E-state index contributed by atoms with van der Waals surface area (Å²) in [5.41, 5.74) is 2.59. The molecule has 0 radical (unpaired) electrons. The van der Waals surface area contributed by atoms with Crippen LogP contribution in [-0.4, -0.2) is 76.0 Å². The Hall–Kier alpha value is -3.01. The average Bonchev–Trinajstić information content (AvgIpc) is 2.85. The van der Waals surface area contributed by atoms with E-state index in [1.165, 1.54) is 16.7 Å². The Morgan fingerprint density at radius 3 is 2.37 bits per heavy atom. The molecular weight excluding hydrogens is 466 g/mol. The van der Waals surface area contributed by atoms with Crippen LogP contribution in [0.25, 0.3) is 0 Å². The van der Waals surface area contributed by atoms with E-state index >= 15 is 0 Å². The molecule has 1 aromatic heterocycles. The summed E-state index contributed by atoms with van der Waals surface area (Å²) in [7, 11) is 0. The molecule has 1 aromatic carbocycles. The van der Waals surface area contributed by atoms with Crippen LogP contribution < -0.4 is 4.90 Å². The second-order valence-corrected chi connectivity index (χ2v) is 10.8. The lowest BCUT2D eigenvalue weighted by Crippen LogP contribution is -2.50. The molecule has 4 rings (SSSR count). The van der Waals surface area contributed by atoms with Crippen LogP contribution in [0.4, 0.5) is 15.4 Å². The first-order valence-electron chi connectivity index (χ1n) is 11.8. The summed E-state index contributed by atoms with van der Waals surface area (Å²) in [5.74, 6) is 0.823. The first-order chi connectivity index (χ1) is 16.7. The van der Waals surface area contributed by atoms with Crippen molar-refractivity contribution >= 4 is 29.8 Å². The van der Waals surface area contributed by atoms with Crippen LogP contribution in [0.5, 0.6) is 0 Å². The minimum Gasteiger partial charge on any atom is -0.465 e. The van der Waals surface area contributed by atoms with Gasteiger partial charge in [-0.25, -0.2) is 19.6 Å². The number of benzene rings is 1. The molecule has 10 heteroatoms. The number of thioether (sulfide) groups is 1. The van der Waals surface area contributed by atoms with E-state index in [1.807, 2.05) is 36.6 Å². The van der Waals surface area contributed by atoms with Gasteiger partial charge in [-0.3, -0.25) is 0 Å². The van der Waals surface area contributed by atoms with Crippen LogP contribution in [-0.2, 0) is 17.9 Å². The van der Waals surface area contributed by atoms with Gasteiger partial charge in [0.25, 0.3) is 0 Å². The highest BCUT2D eigenvalue weighted by molar-refractivity contribution is 7.98. The van der Waals surface area contributed by atoms with E-state index in [0.717, 1.165) is 22.6 Å². The van der Waals surface area contributed by atoms with Crippen LogP contribution in [0.3, 0.4) is 0 Å². The van der Waals surface area contributed by atoms with Crippen molar-refractivity contribution < 1.29 is 19.4 Å². The largest absolute Gasteiger partial charge is 0.465 e. The van der Waals surface area contributed by atoms with Gasteiger partial charge in [0.15, 0.2) is 5.16 Å². The molecule has 2 amide bonds.